The fraction of sp³-hybridized carbons (Fsp3) is 0.235. The number of hydrogen-bond acceptors (Lipinski definition) is 5. The van der Waals surface area contributed by atoms with Gasteiger partial charge < -0.3 is 15.2 Å². The second-order valence-electron chi connectivity index (χ2n) is 6.20. The summed E-state index contributed by atoms with van der Waals surface area (Å²) >= 11 is 0. The lowest BCUT2D eigenvalue weighted by atomic mass is 10.1. The molecule has 7 nitrogen and oxygen atoms in total. The number of carbonyl (C=O) groups excluding carboxylic acids is 1. The van der Waals surface area contributed by atoms with Crippen molar-refractivity contribution in [3.8, 4) is 5.75 Å². The first-order valence-electron chi connectivity index (χ1n) is 7.89. The first-order chi connectivity index (χ1) is 13.7. The van der Waals surface area contributed by atoms with Crippen LogP contribution in [0.2, 0.25) is 0 Å². The number of nitro benzene ring substituents is 1. The Morgan fingerprint density at radius 2 is 1.73 bits per heavy atom. The monoisotopic (exact) mass is 438 g/mol. The van der Waals surface area contributed by atoms with Gasteiger partial charge in [-0.05, 0) is 19.1 Å². The van der Waals surface area contributed by atoms with Gasteiger partial charge in [-0.25, -0.2) is 13.2 Å². The van der Waals surface area contributed by atoms with Gasteiger partial charge in [0.1, 0.15) is 18.0 Å². The third-order valence-electron chi connectivity index (χ3n) is 3.71. The van der Waals surface area contributed by atoms with Crippen molar-refractivity contribution in [3.05, 3.63) is 63.5 Å². The van der Waals surface area contributed by atoms with Crippen LogP contribution in [-0.2, 0) is 11.0 Å². The summed E-state index contributed by atoms with van der Waals surface area (Å²) in [6.07, 6.45) is -5.10. The molecule has 0 heterocycles. The van der Waals surface area contributed by atoms with E-state index in [0.717, 1.165) is 13.0 Å². The molecule has 30 heavy (non-hydrogen) atoms. The predicted molar refractivity (Wildman–Crippen MR) is 89.2 cm³/mol. The standard InChI is InChI=1S/C17H12F6N2O5/c1-16(27,7-30-14-11(19)4-8(18)5-12(14)20)15(26)24-9-2-3-13(25(28)29)10(6-9)17(21,22)23/h2-6,27H,7H2,1H3,(H,24,26). The summed E-state index contributed by atoms with van der Waals surface area (Å²) in [5.41, 5.74) is -5.94. The van der Waals surface area contributed by atoms with Crippen LogP contribution in [0.15, 0.2) is 30.3 Å². The van der Waals surface area contributed by atoms with E-state index in [0.29, 0.717) is 18.2 Å². The van der Waals surface area contributed by atoms with E-state index in [1.807, 2.05) is 5.32 Å². The summed E-state index contributed by atoms with van der Waals surface area (Å²) in [7, 11) is 0. The molecule has 1 amide bonds. The van der Waals surface area contributed by atoms with Gasteiger partial charge >= 0.3 is 6.18 Å². The third kappa shape index (κ3) is 5.17. The molecule has 2 N–H and O–H groups in total. The molecular formula is C17H12F6N2O5. The van der Waals surface area contributed by atoms with Gasteiger partial charge in [-0.15, -0.1) is 0 Å². The maximum Gasteiger partial charge on any atom is 0.423 e. The molecule has 2 aromatic rings. The van der Waals surface area contributed by atoms with Crippen molar-refractivity contribution in [1.82, 2.24) is 0 Å². The largest absolute Gasteiger partial charge is 0.484 e. The maximum atomic E-state index is 13.5. The number of carbonyl (C=O) groups is 1. The topological polar surface area (TPSA) is 102 Å². The fourth-order valence-electron chi connectivity index (χ4n) is 2.21. The number of nitro groups is 1. The first-order valence-corrected chi connectivity index (χ1v) is 7.89. The summed E-state index contributed by atoms with van der Waals surface area (Å²) in [5, 5.41) is 22.8. The number of ether oxygens (including phenoxy) is 1. The van der Waals surface area contributed by atoms with Crippen LogP contribution in [0.5, 0.6) is 5.75 Å². The van der Waals surface area contributed by atoms with E-state index in [1.165, 1.54) is 0 Å². The van der Waals surface area contributed by atoms with Crippen LogP contribution in [0.3, 0.4) is 0 Å². The molecule has 13 heteroatoms. The lowest BCUT2D eigenvalue weighted by Crippen LogP contribution is -2.45. The Hall–Kier alpha value is -3.35. The molecular weight excluding hydrogens is 426 g/mol. The molecule has 1 unspecified atom stereocenters. The highest BCUT2D eigenvalue weighted by Gasteiger charge is 2.39. The van der Waals surface area contributed by atoms with Crippen LogP contribution in [0.25, 0.3) is 0 Å². The first kappa shape index (κ1) is 22.9. The Morgan fingerprint density at radius 1 is 1.17 bits per heavy atom. The second kappa shape index (κ2) is 8.18. The Kier molecular flexibility index (Phi) is 6.25. The van der Waals surface area contributed by atoms with Crippen LogP contribution >= 0.6 is 0 Å². The molecule has 2 rings (SSSR count). The van der Waals surface area contributed by atoms with Crippen LogP contribution in [0, 0.1) is 27.6 Å². The van der Waals surface area contributed by atoms with E-state index in [2.05, 4.69) is 4.74 Å². The van der Waals surface area contributed by atoms with Crippen LogP contribution in [-0.4, -0.2) is 28.1 Å². The van der Waals surface area contributed by atoms with Crippen molar-refractivity contribution in [2.75, 3.05) is 11.9 Å². The van der Waals surface area contributed by atoms with Gasteiger partial charge in [0.15, 0.2) is 23.0 Å². The number of aliphatic hydroxyl groups is 1. The molecule has 0 aliphatic rings. The van der Waals surface area contributed by atoms with E-state index in [9.17, 15) is 46.4 Å². The molecule has 0 bridgehead atoms. The Balaban J connectivity index is 2.19. The maximum absolute atomic E-state index is 13.5. The van der Waals surface area contributed by atoms with E-state index in [4.69, 9.17) is 0 Å². The molecule has 162 valence electrons. The number of alkyl halides is 3. The van der Waals surface area contributed by atoms with Crippen molar-refractivity contribution in [1.29, 1.82) is 0 Å². The zero-order valence-corrected chi connectivity index (χ0v) is 14.9. The zero-order valence-electron chi connectivity index (χ0n) is 14.9. The lowest BCUT2D eigenvalue weighted by Gasteiger charge is -2.23. The smallest absolute Gasteiger partial charge is 0.423 e. The van der Waals surface area contributed by atoms with Crippen molar-refractivity contribution in [2.45, 2.75) is 18.7 Å². The van der Waals surface area contributed by atoms with Gasteiger partial charge in [0.2, 0.25) is 0 Å². The molecule has 2 aromatic carbocycles. The molecule has 0 aliphatic heterocycles. The average Bonchev–Trinajstić information content (AvgIpc) is 2.59. The Morgan fingerprint density at radius 3 is 2.23 bits per heavy atom. The molecule has 0 fully saturated rings. The number of nitrogens with one attached hydrogen (secondary N) is 1. The number of halogens is 6. The number of hydrogen-bond donors (Lipinski definition) is 2. The predicted octanol–water partition coefficient (Wildman–Crippen LogP) is 3.80. The van der Waals surface area contributed by atoms with Crippen LogP contribution < -0.4 is 10.1 Å². The van der Waals surface area contributed by atoms with E-state index in [1.54, 1.807) is 0 Å². The number of nitrogens with zero attached hydrogens (tertiary/aromatic N) is 1. The normalized spacial score (nSPS) is 13.5. The van der Waals surface area contributed by atoms with E-state index < -0.39 is 69.4 Å². The Labute approximate surface area is 164 Å². The average molecular weight is 438 g/mol. The summed E-state index contributed by atoms with van der Waals surface area (Å²) in [5.74, 6) is -6.56. The molecule has 1 atom stereocenters. The minimum Gasteiger partial charge on any atom is -0.484 e. The highest BCUT2D eigenvalue weighted by Crippen LogP contribution is 2.37. The van der Waals surface area contributed by atoms with Gasteiger partial charge in [0.05, 0.1) is 4.92 Å². The van der Waals surface area contributed by atoms with Crippen LogP contribution in [0.1, 0.15) is 12.5 Å². The molecule has 0 radical (unpaired) electrons. The van der Waals surface area contributed by atoms with Crippen molar-refractivity contribution >= 4 is 17.3 Å². The van der Waals surface area contributed by atoms with Crippen LogP contribution in [0.4, 0.5) is 37.7 Å². The van der Waals surface area contributed by atoms with E-state index >= 15 is 0 Å². The Bertz CT molecular complexity index is 970. The third-order valence-corrected chi connectivity index (χ3v) is 3.71. The summed E-state index contributed by atoms with van der Waals surface area (Å²) < 4.78 is 83.6. The lowest BCUT2D eigenvalue weighted by molar-refractivity contribution is -0.388. The molecule has 0 saturated heterocycles. The second-order valence-corrected chi connectivity index (χ2v) is 6.20. The molecule has 0 saturated carbocycles. The minimum atomic E-state index is -5.10. The molecule has 0 aliphatic carbocycles. The van der Waals surface area contributed by atoms with Gasteiger partial charge in [-0.3, -0.25) is 14.9 Å². The highest BCUT2D eigenvalue weighted by molar-refractivity contribution is 5.97. The number of anilines is 1. The molecule has 0 spiro atoms. The highest BCUT2D eigenvalue weighted by atomic mass is 19.4. The minimum absolute atomic E-state index is 0.284. The van der Waals surface area contributed by atoms with E-state index in [-0.39, 0.29) is 6.07 Å². The zero-order chi connectivity index (χ0) is 22.9. The van der Waals surface area contributed by atoms with Gasteiger partial charge in [-0.2, -0.15) is 13.2 Å². The summed E-state index contributed by atoms with van der Waals surface area (Å²) in [6, 6.07) is 2.17. The SMILES string of the molecule is CC(O)(COc1c(F)cc(F)cc1F)C(=O)Nc1ccc([N+](=O)[O-])c(C(F)(F)F)c1. The van der Waals surface area contributed by atoms with Crippen molar-refractivity contribution in [2.24, 2.45) is 0 Å². The summed E-state index contributed by atoms with van der Waals surface area (Å²) in [6.45, 7) is -0.227. The number of benzene rings is 2. The van der Waals surface area contributed by atoms with Crippen molar-refractivity contribution < 1.29 is 45.9 Å². The van der Waals surface area contributed by atoms with Gasteiger partial charge in [0, 0.05) is 23.9 Å². The number of rotatable bonds is 6. The molecule has 0 aromatic heterocycles. The van der Waals surface area contributed by atoms with Gasteiger partial charge in [-0.1, -0.05) is 0 Å². The fourth-order valence-corrected chi connectivity index (χ4v) is 2.21. The summed E-state index contributed by atoms with van der Waals surface area (Å²) in [4.78, 5) is 21.6. The van der Waals surface area contributed by atoms with Crippen molar-refractivity contribution in [3.63, 3.8) is 0 Å². The quantitative estimate of drug-likeness (QED) is 0.406. The van der Waals surface area contributed by atoms with Gasteiger partial charge in [0.25, 0.3) is 11.6 Å². The number of amides is 1.